The van der Waals surface area contributed by atoms with Crippen LogP contribution in [0.3, 0.4) is 0 Å². The van der Waals surface area contributed by atoms with E-state index >= 15 is 0 Å². The topological polar surface area (TPSA) is 69.6 Å². The van der Waals surface area contributed by atoms with Gasteiger partial charge in [-0.25, -0.2) is 0 Å². The van der Waals surface area contributed by atoms with Crippen molar-refractivity contribution in [2.45, 2.75) is 26.3 Å². The molecule has 19 heavy (non-hydrogen) atoms. The van der Waals surface area contributed by atoms with Gasteiger partial charge in [-0.3, -0.25) is 9.59 Å². The standard InChI is InChI=1S/C14H18N2O3/c1-9-8-10(17)4-5-11(9)12(18)16-7-6-15-13(19)14(16,2)3/h4-5,8,17H,6-7H2,1-3H3,(H,15,19). The zero-order valence-electron chi connectivity index (χ0n) is 11.4. The lowest BCUT2D eigenvalue weighted by Gasteiger charge is -2.41. The van der Waals surface area contributed by atoms with E-state index in [1.54, 1.807) is 37.8 Å². The number of carbonyl (C=O) groups is 2. The zero-order valence-corrected chi connectivity index (χ0v) is 11.4. The van der Waals surface area contributed by atoms with Crippen LogP contribution in [0, 0.1) is 6.92 Å². The van der Waals surface area contributed by atoms with Gasteiger partial charge in [0.15, 0.2) is 0 Å². The number of hydrogen-bond acceptors (Lipinski definition) is 3. The summed E-state index contributed by atoms with van der Waals surface area (Å²) in [5, 5.41) is 12.1. The number of phenols is 1. The summed E-state index contributed by atoms with van der Waals surface area (Å²) in [4.78, 5) is 26.0. The fourth-order valence-electron chi connectivity index (χ4n) is 2.29. The molecule has 2 amide bonds. The third kappa shape index (κ3) is 2.28. The Hall–Kier alpha value is -2.04. The number of aromatic hydroxyl groups is 1. The maximum Gasteiger partial charge on any atom is 0.255 e. The van der Waals surface area contributed by atoms with Crippen LogP contribution in [0.15, 0.2) is 18.2 Å². The first-order valence-corrected chi connectivity index (χ1v) is 6.24. The van der Waals surface area contributed by atoms with Crippen LogP contribution in [0.1, 0.15) is 29.8 Å². The third-order valence-corrected chi connectivity index (χ3v) is 3.54. The number of aryl methyl sites for hydroxylation is 1. The highest BCUT2D eigenvalue weighted by atomic mass is 16.3. The van der Waals surface area contributed by atoms with E-state index in [4.69, 9.17) is 0 Å². The Morgan fingerprint density at radius 2 is 2.11 bits per heavy atom. The molecule has 0 bridgehead atoms. The van der Waals surface area contributed by atoms with Crippen LogP contribution in [0.4, 0.5) is 0 Å². The molecule has 102 valence electrons. The molecule has 5 heteroatoms. The van der Waals surface area contributed by atoms with Crippen LogP contribution in [0.2, 0.25) is 0 Å². The van der Waals surface area contributed by atoms with E-state index in [0.717, 1.165) is 0 Å². The SMILES string of the molecule is Cc1cc(O)ccc1C(=O)N1CCNC(=O)C1(C)C. The van der Waals surface area contributed by atoms with Crippen LogP contribution in [0.5, 0.6) is 5.75 Å². The van der Waals surface area contributed by atoms with Gasteiger partial charge in [0.05, 0.1) is 0 Å². The highest BCUT2D eigenvalue weighted by molar-refractivity contribution is 6.00. The summed E-state index contributed by atoms with van der Waals surface area (Å²) in [6.07, 6.45) is 0. The van der Waals surface area contributed by atoms with Gasteiger partial charge in [0, 0.05) is 18.7 Å². The largest absolute Gasteiger partial charge is 0.508 e. The van der Waals surface area contributed by atoms with Crippen LogP contribution in [0.25, 0.3) is 0 Å². The summed E-state index contributed by atoms with van der Waals surface area (Å²) >= 11 is 0. The fourth-order valence-corrected chi connectivity index (χ4v) is 2.29. The van der Waals surface area contributed by atoms with E-state index < -0.39 is 5.54 Å². The molecule has 1 aromatic carbocycles. The summed E-state index contributed by atoms with van der Waals surface area (Å²) in [5.41, 5.74) is 0.354. The molecule has 0 radical (unpaired) electrons. The quantitative estimate of drug-likeness (QED) is 0.795. The molecule has 2 rings (SSSR count). The first-order valence-electron chi connectivity index (χ1n) is 6.24. The van der Waals surface area contributed by atoms with Crippen molar-refractivity contribution in [3.05, 3.63) is 29.3 Å². The second-order valence-electron chi connectivity index (χ2n) is 5.27. The van der Waals surface area contributed by atoms with Crippen molar-refractivity contribution in [3.8, 4) is 5.75 Å². The van der Waals surface area contributed by atoms with Crippen molar-refractivity contribution in [2.24, 2.45) is 0 Å². The highest BCUT2D eigenvalue weighted by Gasteiger charge is 2.40. The summed E-state index contributed by atoms with van der Waals surface area (Å²) in [7, 11) is 0. The van der Waals surface area contributed by atoms with Gasteiger partial charge < -0.3 is 15.3 Å². The molecule has 0 saturated carbocycles. The number of nitrogens with one attached hydrogen (secondary N) is 1. The van der Waals surface area contributed by atoms with Crippen molar-refractivity contribution in [3.63, 3.8) is 0 Å². The monoisotopic (exact) mass is 262 g/mol. The van der Waals surface area contributed by atoms with Gasteiger partial charge in [0.1, 0.15) is 11.3 Å². The van der Waals surface area contributed by atoms with Crippen molar-refractivity contribution in [1.29, 1.82) is 0 Å². The van der Waals surface area contributed by atoms with Crippen molar-refractivity contribution >= 4 is 11.8 Å². The summed E-state index contributed by atoms with van der Waals surface area (Å²) in [5.74, 6) is -0.203. The number of carbonyl (C=O) groups excluding carboxylic acids is 2. The van der Waals surface area contributed by atoms with E-state index in [1.807, 2.05) is 0 Å². The molecule has 1 aliphatic rings. The van der Waals surface area contributed by atoms with Crippen LogP contribution in [-0.4, -0.2) is 40.4 Å². The van der Waals surface area contributed by atoms with Crippen molar-refractivity contribution in [2.75, 3.05) is 13.1 Å². The average Bonchev–Trinajstić information content (AvgIpc) is 2.32. The summed E-state index contributed by atoms with van der Waals surface area (Å²) in [6, 6.07) is 4.62. The molecule has 1 aliphatic heterocycles. The van der Waals surface area contributed by atoms with Crippen molar-refractivity contribution < 1.29 is 14.7 Å². The minimum absolute atomic E-state index is 0.129. The molecule has 2 N–H and O–H groups in total. The van der Waals surface area contributed by atoms with Gasteiger partial charge in [-0.2, -0.15) is 0 Å². The van der Waals surface area contributed by atoms with Gasteiger partial charge in [0.2, 0.25) is 5.91 Å². The fraction of sp³-hybridized carbons (Fsp3) is 0.429. The molecule has 1 heterocycles. The van der Waals surface area contributed by atoms with Gasteiger partial charge in [-0.15, -0.1) is 0 Å². The zero-order chi connectivity index (χ0) is 14.2. The summed E-state index contributed by atoms with van der Waals surface area (Å²) < 4.78 is 0. The molecular weight excluding hydrogens is 244 g/mol. The van der Waals surface area contributed by atoms with E-state index in [1.165, 1.54) is 6.07 Å². The van der Waals surface area contributed by atoms with Crippen LogP contribution >= 0.6 is 0 Å². The lowest BCUT2D eigenvalue weighted by molar-refractivity contribution is -0.133. The summed E-state index contributed by atoms with van der Waals surface area (Å²) in [6.45, 7) is 6.18. The third-order valence-electron chi connectivity index (χ3n) is 3.54. The molecule has 1 saturated heterocycles. The molecule has 0 unspecified atom stereocenters. The van der Waals surface area contributed by atoms with E-state index in [0.29, 0.717) is 24.2 Å². The molecule has 0 atom stereocenters. The number of rotatable bonds is 1. The molecule has 5 nitrogen and oxygen atoms in total. The minimum atomic E-state index is -0.861. The van der Waals surface area contributed by atoms with Crippen LogP contribution in [-0.2, 0) is 4.79 Å². The van der Waals surface area contributed by atoms with Crippen molar-refractivity contribution in [1.82, 2.24) is 10.2 Å². The van der Waals surface area contributed by atoms with Gasteiger partial charge >= 0.3 is 0 Å². The molecular formula is C14H18N2O3. The van der Waals surface area contributed by atoms with Gasteiger partial charge in [-0.05, 0) is 44.5 Å². The Morgan fingerprint density at radius 1 is 1.42 bits per heavy atom. The molecule has 0 aliphatic carbocycles. The number of piperazine rings is 1. The lowest BCUT2D eigenvalue weighted by Crippen LogP contribution is -2.63. The molecule has 0 spiro atoms. The number of benzene rings is 1. The maximum absolute atomic E-state index is 12.6. The average molecular weight is 262 g/mol. The number of hydrogen-bond donors (Lipinski definition) is 2. The highest BCUT2D eigenvalue weighted by Crippen LogP contribution is 2.23. The number of phenolic OH excluding ortho intramolecular Hbond substituents is 1. The lowest BCUT2D eigenvalue weighted by atomic mass is 9.96. The maximum atomic E-state index is 12.6. The Kier molecular flexibility index (Phi) is 3.22. The predicted octanol–water partition coefficient (Wildman–Crippen LogP) is 1.05. The number of nitrogens with zero attached hydrogens (tertiary/aromatic N) is 1. The predicted molar refractivity (Wildman–Crippen MR) is 71.0 cm³/mol. The Bertz CT molecular complexity index is 537. The Balaban J connectivity index is 2.35. The molecule has 1 aromatic rings. The second-order valence-corrected chi connectivity index (χ2v) is 5.27. The second kappa shape index (κ2) is 4.57. The minimum Gasteiger partial charge on any atom is -0.508 e. The van der Waals surface area contributed by atoms with E-state index in [9.17, 15) is 14.7 Å². The normalized spacial score (nSPS) is 18.1. The first-order chi connectivity index (χ1) is 8.84. The smallest absolute Gasteiger partial charge is 0.255 e. The molecule has 1 fully saturated rings. The number of amides is 2. The van der Waals surface area contributed by atoms with E-state index in [2.05, 4.69) is 5.32 Å². The Labute approximate surface area is 112 Å². The first kappa shape index (κ1) is 13.4. The van der Waals surface area contributed by atoms with Gasteiger partial charge in [0.25, 0.3) is 5.91 Å². The van der Waals surface area contributed by atoms with E-state index in [-0.39, 0.29) is 17.6 Å². The van der Waals surface area contributed by atoms with Gasteiger partial charge in [-0.1, -0.05) is 0 Å². The van der Waals surface area contributed by atoms with Crippen LogP contribution < -0.4 is 5.32 Å². The Morgan fingerprint density at radius 3 is 2.74 bits per heavy atom. The molecule has 0 aromatic heterocycles.